The van der Waals surface area contributed by atoms with Crippen LogP contribution in [0.25, 0.3) is 0 Å². The Balaban J connectivity index is 2.12. The van der Waals surface area contributed by atoms with Crippen molar-refractivity contribution in [3.8, 4) is 0 Å². The van der Waals surface area contributed by atoms with Gasteiger partial charge in [-0.3, -0.25) is 9.59 Å². The Kier molecular flexibility index (Phi) is 9.29. The fourth-order valence-corrected chi connectivity index (χ4v) is 3.40. The van der Waals surface area contributed by atoms with Gasteiger partial charge in [0.1, 0.15) is 6.04 Å². The van der Waals surface area contributed by atoms with Crippen LogP contribution in [0.2, 0.25) is 0 Å². The number of carbonyl (C=O) groups excluding carboxylic acids is 2. The lowest BCUT2D eigenvalue weighted by Gasteiger charge is -2.30. The number of amides is 2. The van der Waals surface area contributed by atoms with Crippen molar-refractivity contribution < 1.29 is 9.59 Å². The Morgan fingerprint density at radius 3 is 2.03 bits per heavy atom. The number of benzene rings is 2. The third kappa shape index (κ3) is 7.54. The Morgan fingerprint density at radius 2 is 1.48 bits per heavy atom. The summed E-state index contributed by atoms with van der Waals surface area (Å²) in [7, 11) is 0. The Hall–Kier alpha value is -2.62. The molecule has 4 nitrogen and oxygen atoms in total. The van der Waals surface area contributed by atoms with E-state index < -0.39 is 6.04 Å². The Morgan fingerprint density at radius 1 is 0.903 bits per heavy atom. The SMILES string of the molecule is CC[C@H](C)NC(=O)[C@H](C)N(Cc1ccc(C)cc1)C(=O)CCc1ccc(C(C)C)cc1. The van der Waals surface area contributed by atoms with E-state index in [9.17, 15) is 9.59 Å². The summed E-state index contributed by atoms with van der Waals surface area (Å²) in [6.07, 6.45) is 1.91. The van der Waals surface area contributed by atoms with Crippen LogP contribution >= 0.6 is 0 Å². The van der Waals surface area contributed by atoms with Gasteiger partial charge in [0.05, 0.1) is 0 Å². The number of rotatable bonds is 10. The van der Waals surface area contributed by atoms with Gasteiger partial charge in [-0.25, -0.2) is 0 Å². The fourth-order valence-electron chi connectivity index (χ4n) is 3.40. The zero-order chi connectivity index (χ0) is 23.0. The Bertz CT molecular complexity index is 841. The van der Waals surface area contributed by atoms with E-state index >= 15 is 0 Å². The van der Waals surface area contributed by atoms with Gasteiger partial charge in [0, 0.05) is 19.0 Å². The average Bonchev–Trinajstić information content (AvgIpc) is 2.76. The van der Waals surface area contributed by atoms with Crippen molar-refractivity contribution in [3.05, 3.63) is 70.8 Å². The van der Waals surface area contributed by atoms with Crippen LogP contribution < -0.4 is 5.32 Å². The van der Waals surface area contributed by atoms with E-state index in [1.807, 2.05) is 52.0 Å². The molecular formula is C27H38N2O2. The monoisotopic (exact) mass is 422 g/mol. The van der Waals surface area contributed by atoms with Crippen LogP contribution in [0, 0.1) is 6.92 Å². The third-order valence-electron chi connectivity index (χ3n) is 5.92. The predicted molar refractivity (Wildman–Crippen MR) is 128 cm³/mol. The van der Waals surface area contributed by atoms with Crippen LogP contribution in [-0.2, 0) is 22.6 Å². The molecule has 2 amide bonds. The molecule has 2 aromatic carbocycles. The zero-order valence-electron chi connectivity index (χ0n) is 19.9. The van der Waals surface area contributed by atoms with Gasteiger partial charge < -0.3 is 10.2 Å². The van der Waals surface area contributed by atoms with Crippen LogP contribution in [0.15, 0.2) is 48.5 Å². The third-order valence-corrected chi connectivity index (χ3v) is 5.92. The van der Waals surface area contributed by atoms with E-state index in [2.05, 4.69) is 43.4 Å². The topological polar surface area (TPSA) is 49.4 Å². The van der Waals surface area contributed by atoms with E-state index in [4.69, 9.17) is 0 Å². The van der Waals surface area contributed by atoms with Crippen LogP contribution in [0.4, 0.5) is 0 Å². The molecule has 0 saturated carbocycles. The smallest absolute Gasteiger partial charge is 0.242 e. The maximum Gasteiger partial charge on any atom is 0.242 e. The highest BCUT2D eigenvalue weighted by Crippen LogP contribution is 2.17. The van der Waals surface area contributed by atoms with Crippen LogP contribution in [-0.4, -0.2) is 28.8 Å². The summed E-state index contributed by atoms with van der Waals surface area (Å²) >= 11 is 0. The summed E-state index contributed by atoms with van der Waals surface area (Å²) in [5, 5.41) is 3.02. The summed E-state index contributed by atoms with van der Waals surface area (Å²) in [5.74, 6) is 0.391. The molecule has 31 heavy (non-hydrogen) atoms. The number of nitrogens with zero attached hydrogens (tertiary/aromatic N) is 1. The quantitative estimate of drug-likeness (QED) is 0.559. The van der Waals surface area contributed by atoms with Crippen molar-refractivity contribution in [2.24, 2.45) is 0 Å². The molecule has 2 atom stereocenters. The van der Waals surface area contributed by atoms with Gasteiger partial charge in [-0.15, -0.1) is 0 Å². The molecule has 0 aliphatic rings. The van der Waals surface area contributed by atoms with Crippen molar-refractivity contribution in [2.75, 3.05) is 0 Å². The number of aryl methyl sites for hydroxylation is 2. The van der Waals surface area contributed by atoms with Gasteiger partial charge >= 0.3 is 0 Å². The summed E-state index contributed by atoms with van der Waals surface area (Å²) in [6.45, 7) is 12.7. The highest BCUT2D eigenvalue weighted by molar-refractivity contribution is 5.87. The first-order chi connectivity index (χ1) is 14.7. The first-order valence-electron chi connectivity index (χ1n) is 11.5. The summed E-state index contributed by atoms with van der Waals surface area (Å²) < 4.78 is 0. The second-order valence-electron chi connectivity index (χ2n) is 8.90. The number of hydrogen-bond acceptors (Lipinski definition) is 2. The van der Waals surface area contributed by atoms with E-state index in [1.54, 1.807) is 4.90 Å². The van der Waals surface area contributed by atoms with Crippen molar-refractivity contribution in [2.45, 2.75) is 85.4 Å². The average molecular weight is 423 g/mol. The lowest BCUT2D eigenvalue weighted by Crippen LogP contribution is -2.49. The van der Waals surface area contributed by atoms with Crippen molar-refractivity contribution in [1.29, 1.82) is 0 Å². The van der Waals surface area contributed by atoms with Crippen molar-refractivity contribution in [1.82, 2.24) is 10.2 Å². The van der Waals surface area contributed by atoms with Crippen molar-refractivity contribution >= 4 is 11.8 Å². The van der Waals surface area contributed by atoms with Gasteiger partial charge in [-0.05, 0) is 56.2 Å². The second-order valence-corrected chi connectivity index (χ2v) is 8.90. The van der Waals surface area contributed by atoms with Gasteiger partial charge in [-0.2, -0.15) is 0 Å². The number of hydrogen-bond donors (Lipinski definition) is 1. The first-order valence-corrected chi connectivity index (χ1v) is 11.5. The largest absolute Gasteiger partial charge is 0.352 e. The molecule has 0 unspecified atom stereocenters. The molecule has 0 radical (unpaired) electrons. The van der Waals surface area contributed by atoms with Crippen LogP contribution in [0.1, 0.15) is 75.6 Å². The van der Waals surface area contributed by atoms with Crippen molar-refractivity contribution in [3.63, 3.8) is 0 Å². The summed E-state index contributed by atoms with van der Waals surface area (Å²) in [4.78, 5) is 27.7. The lowest BCUT2D eigenvalue weighted by molar-refractivity contribution is -0.140. The van der Waals surface area contributed by atoms with Gasteiger partial charge in [0.15, 0.2) is 0 Å². The molecular weight excluding hydrogens is 384 g/mol. The zero-order valence-corrected chi connectivity index (χ0v) is 19.9. The van der Waals surface area contributed by atoms with Gasteiger partial charge in [-0.1, -0.05) is 74.9 Å². The normalized spacial score (nSPS) is 13.0. The van der Waals surface area contributed by atoms with E-state index in [-0.39, 0.29) is 17.9 Å². The standard InChI is InChI=1S/C27H38N2O2/c1-7-21(5)28-27(31)22(6)29(18-24-10-8-20(4)9-11-24)26(30)17-14-23-12-15-25(16-13-23)19(2)3/h8-13,15-16,19,21-22H,7,14,17-18H2,1-6H3,(H,28,31)/t21-,22-/m0/s1. The predicted octanol–water partition coefficient (Wildman–Crippen LogP) is 5.38. The first kappa shape index (κ1) is 24.6. The van der Waals surface area contributed by atoms with E-state index in [1.165, 1.54) is 11.1 Å². The van der Waals surface area contributed by atoms with Gasteiger partial charge in [0.25, 0.3) is 0 Å². The molecule has 168 valence electrons. The minimum absolute atomic E-state index is 0.000289. The molecule has 0 saturated heterocycles. The second kappa shape index (κ2) is 11.7. The maximum atomic E-state index is 13.2. The fraction of sp³-hybridized carbons (Fsp3) is 0.481. The summed E-state index contributed by atoms with van der Waals surface area (Å²) in [5.41, 5.74) is 4.65. The highest BCUT2D eigenvalue weighted by Gasteiger charge is 2.26. The molecule has 4 heteroatoms. The summed E-state index contributed by atoms with van der Waals surface area (Å²) in [6, 6.07) is 16.2. The van der Waals surface area contributed by atoms with E-state index in [0.29, 0.717) is 25.3 Å². The molecule has 1 N–H and O–H groups in total. The minimum Gasteiger partial charge on any atom is -0.352 e. The van der Waals surface area contributed by atoms with Crippen LogP contribution in [0.3, 0.4) is 0 Å². The number of carbonyl (C=O) groups is 2. The minimum atomic E-state index is -0.522. The highest BCUT2D eigenvalue weighted by atomic mass is 16.2. The molecule has 0 heterocycles. The van der Waals surface area contributed by atoms with Crippen LogP contribution in [0.5, 0.6) is 0 Å². The molecule has 0 fully saturated rings. The molecule has 0 aliphatic heterocycles. The molecule has 2 rings (SSSR count). The maximum absolute atomic E-state index is 13.2. The molecule has 0 aromatic heterocycles. The van der Waals surface area contributed by atoms with Gasteiger partial charge in [0.2, 0.25) is 11.8 Å². The lowest BCUT2D eigenvalue weighted by atomic mass is 10.00. The molecule has 0 aliphatic carbocycles. The molecule has 0 bridgehead atoms. The molecule has 2 aromatic rings. The number of nitrogens with one attached hydrogen (secondary N) is 1. The van der Waals surface area contributed by atoms with E-state index in [0.717, 1.165) is 17.5 Å². The molecule has 0 spiro atoms. The Labute approximate surface area is 188 Å².